The van der Waals surface area contributed by atoms with Gasteiger partial charge in [0.15, 0.2) is 0 Å². The van der Waals surface area contributed by atoms with Gasteiger partial charge in [0.25, 0.3) is 5.69 Å². The minimum absolute atomic E-state index is 0.0181. The van der Waals surface area contributed by atoms with Crippen molar-refractivity contribution in [3.63, 3.8) is 0 Å². The van der Waals surface area contributed by atoms with E-state index in [0.717, 1.165) is 0 Å². The van der Waals surface area contributed by atoms with Crippen LogP contribution in [0.1, 0.15) is 11.7 Å². The second-order valence-corrected chi connectivity index (χ2v) is 4.35. The maximum atomic E-state index is 11.1. The first-order chi connectivity index (χ1) is 8.08. The highest BCUT2D eigenvalue weighted by Crippen LogP contribution is 2.27. The Hall–Kier alpha value is -1.35. The van der Waals surface area contributed by atoms with Crippen molar-refractivity contribution in [2.75, 3.05) is 6.61 Å². The summed E-state index contributed by atoms with van der Waals surface area (Å²) in [7, 11) is 0. The van der Waals surface area contributed by atoms with Crippen molar-refractivity contribution in [2.45, 2.75) is 12.1 Å². The minimum atomic E-state index is -1.82. The van der Waals surface area contributed by atoms with Gasteiger partial charge >= 0.3 is 11.4 Å². The van der Waals surface area contributed by atoms with Crippen molar-refractivity contribution in [1.82, 2.24) is 0 Å². The smallest absolute Gasteiger partial charge is 0.305 e. The molecule has 1 aliphatic heterocycles. The van der Waals surface area contributed by atoms with Gasteiger partial charge in [-0.2, -0.15) is 4.21 Å². The molecule has 0 saturated carbocycles. The molecule has 1 saturated heterocycles. The Labute approximate surface area is 99.5 Å². The molecular weight excluding hydrogens is 248 g/mol. The van der Waals surface area contributed by atoms with E-state index < -0.39 is 28.4 Å². The van der Waals surface area contributed by atoms with Crippen molar-refractivity contribution in [3.05, 3.63) is 39.9 Å². The molecule has 0 bridgehead atoms. The molecule has 1 aliphatic rings. The average molecular weight is 258 g/mol. The zero-order chi connectivity index (χ0) is 12.4. The molecule has 3 unspecified atom stereocenters. The van der Waals surface area contributed by atoms with Gasteiger partial charge in [-0.25, -0.2) is 0 Å². The fourth-order valence-electron chi connectivity index (χ4n) is 1.49. The molecule has 1 aromatic rings. The van der Waals surface area contributed by atoms with Crippen LogP contribution in [0, 0.1) is 10.1 Å². The van der Waals surface area contributed by atoms with Crippen LogP contribution in [0.5, 0.6) is 0 Å². The SMILES string of the molecule is NC1COS(=O)OC1c1ccc([N+](=O)[O-])cc1. The lowest BCUT2D eigenvalue weighted by atomic mass is 10.0. The minimum Gasteiger partial charge on any atom is -0.323 e. The average Bonchev–Trinajstić information content (AvgIpc) is 2.32. The molecule has 0 aromatic heterocycles. The van der Waals surface area contributed by atoms with Crippen LogP contribution in [0.15, 0.2) is 24.3 Å². The van der Waals surface area contributed by atoms with Gasteiger partial charge in [-0.15, -0.1) is 0 Å². The van der Waals surface area contributed by atoms with Gasteiger partial charge in [0.1, 0.15) is 6.10 Å². The van der Waals surface area contributed by atoms with Crippen molar-refractivity contribution in [1.29, 1.82) is 0 Å². The molecule has 1 aromatic carbocycles. The molecule has 8 heteroatoms. The molecule has 0 aliphatic carbocycles. The zero-order valence-corrected chi connectivity index (χ0v) is 9.46. The van der Waals surface area contributed by atoms with Gasteiger partial charge in [0.05, 0.1) is 17.6 Å². The van der Waals surface area contributed by atoms with E-state index in [0.29, 0.717) is 5.56 Å². The highest BCUT2D eigenvalue weighted by Gasteiger charge is 2.29. The highest BCUT2D eigenvalue weighted by molar-refractivity contribution is 7.75. The summed E-state index contributed by atoms with van der Waals surface area (Å²) in [6.45, 7) is 0.119. The van der Waals surface area contributed by atoms with Crippen molar-refractivity contribution in [3.8, 4) is 0 Å². The molecule has 0 amide bonds. The van der Waals surface area contributed by atoms with E-state index in [-0.39, 0.29) is 12.3 Å². The van der Waals surface area contributed by atoms with Crippen molar-refractivity contribution < 1.29 is 17.5 Å². The van der Waals surface area contributed by atoms with Crippen molar-refractivity contribution in [2.24, 2.45) is 5.73 Å². The largest absolute Gasteiger partial charge is 0.323 e. The number of nitrogens with zero attached hydrogens (tertiary/aromatic N) is 1. The fourth-order valence-corrected chi connectivity index (χ4v) is 2.24. The first kappa shape index (κ1) is 12.1. The van der Waals surface area contributed by atoms with E-state index in [9.17, 15) is 14.3 Å². The zero-order valence-electron chi connectivity index (χ0n) is 8.65. The molecule has 3 atom stereocenters. The lowest BCUT2D eigenvalue weighted by molar-refractivity contribution is -0.384. The predicted octanol–water partition coefficient (Wildman–Crippen LogP) is 0.589. The Morgan fingerprint density at radius 2 is 2.06 bits per heavy atom. The Bertz CT molecular complexity index is 449. The van der Waals surface area contributed by atoms with Crippen molar-refractivity contribution >= 4 is 17.0 Å². The van der Waals surface area contributed by atoms with Gasteiger partial charge in [0, 0.05) is 12.1 Å². The summed E-state index contributed by atoms with van der Waals surface area (Å²) in [5.41, 5.74) is 6.37. The fraction of sp³-hybridized carbons (Fsp3) is 0.333. The van der Waals surface area contributed by atoms with Crippen LogP contribution in [0.4, 0.5) is 5.69 Å². The predicted molar refractivity (Wildman–Crippen MR) is 59.0 cm³/mol. The standard InChI is InChI=1S/C9H10N2O5S/c10-8-5-15-17(14)16-9(8)6-1-3-7(4-2-6)11(12)13/h1-4,8-9H,5,10H2. The first-order valence-electron chi connectivity index (χ1n) is 4.80. The maximum absolute atomic E-state index is 11.1. The Kier molecular flexibility index (Phi) is 3.48. The Morgan fingerprint density at radius 1 is 1.41 bits per heavy atom. The Morgan fingerprint density at radius 3 is 2.65 bits per heavy atom. The normalized spacial score (nSPS) is 28.9. The molecule has 17 heavy (non-hydrogen) atoms. The van der Waals surface area contributed by atoms with Crippen LogP contribution in [0.3, 0.4) is 0 Å². The third-order valence-corrected chi connectivity index (χ3v) is 3.05. The quantitative estimate of drug-likeness (QED) is 0.614. The third-order valence-electron chi connectivity index (χ3n) is 2.36. The second-order valence-electron chi connectivity index (χ2n) is 3.52. The number of non-ortho nitro benzene ring substituents is 1. The van der Waals surface area contributed by atoms with Crippen LogP contribution >= 0.6 is 0 Å². The molecule has 0 spiro atoms. The van der Waals surface area contributed by atoms with Gasteiger partial charge in [0.2, 0.25) is 0 Å². The van der Waals surface area contributed by atoms with Gasteiger partial charge < -0.3 is 5.73 Å². The molecule has 1 fully saturated rings. The lowest BCUT2D eigenvalue weighted by Gasteiger charge is -2.27. The molecule has 0 radical (unpaired) electrons. The second kappa shape index (κ2) is 4.88. The number of nitrogens with two attached hydrogens (primary N) is 1. The molecule has 7 nitrogen and oxygen atoms in total. The summed E-state index contributed by atoms with van der Waals surface area (Å²) >= 11 is -1.82. The number of rotatable bonds is 2. The summed E-state index contributed by atoms with van der Waals surface area (Å²) in [4.78, 5) is 9.99. The van der Waals surface area contributed by atoms with Gasteiger partial charge in [-0.05, 0) is 17.7 Å². The number of hydrogen-bond acceptors (Lipinski definition) is 6. The number of hydrogen-bond donors (Lipinski definition) is 1. The van der Waals surface area contributed by atoms with Crippen LogP contribution in [-0.2, 0) is 19.7 Å². The summed E-state index contributed by atoms with van der Waals surface area (Å²) in [6, 6.07) is 5.32. The van der Waals surface area contributed by atoms with E-state index in [1.807, 2.05) is 0 Å². The number of nitro benzene ring substituents is 1. The highest BCUT2D eigenvalue weighted by atomic mass is 32.2. The van der Waals surface area contributed by atoms with Crippen LogP contribution in [-0.4, -0.2) is 21.8 Å². The summed E-state index contributed by atoms with van der Waals surface area (Å²) in [6.07, 6.45) is -0.578. The van der Waals surface area contributed by atoms with E-state index in [4.69, 9.17) is 14.1 Å². The van der Waals surface area contributed by atoms with E-state index in [2.05, 4.69) is 0 Å². The van der Waals surface area contributed by atoms with Crippen LogP contribution in [0.2, 0.25) is 0 Å². The van der Waals surface area contributed by atoms with Crippen LogP contribution < -0.4 is 5.73 Å². The summed E-state index contributed by atoms with van der Waals surface area (Å²) in [5, 5.41) is 10.5. The third kappa shape index (κ3) is 2.67. The number of benzene rings is 1. The first-order valence-corrected chi connectivity index (χ1v) is 5.80. The van der Waals surface area contributed by atoms with Crippen LogP contribution in [0.25, 0.3) is 0 Å². The van der Waals surface area contributed by atoms with E-state index in [1.165, 1.54) is 24.3 Å². The monoisotopic (exact) mass is 258 g/mol. The summed E-state index contributed by atoms with van der Waals surface area (Å²) in [5.74, 6) is 0. The Balaban J connectivity index is 2.21. The number of nitro groups is 1. The molecule has 1 heterocycles. The molecular formula is C9H10N2O5S. The van der Waals surface area contributed by atoms with E-state index in [1.54, 1.807) is 0 Å². The van der Waals surface area contributed by atoms with E-state index >= 15 is 0 Å². The van der Waals surface area contributed by atoms with Gasteiger partial charge in [-0.3, -0.25) is 18.5 Å². The van der Waals surface area contributed by atoms with Gasteiger partial charge in [-0.1, -0.05) is 0 Å². The lowest BCUT2D eigenvalue weighted by Crippen LogP contribution is -2.39. The molecule has 2 rings (SSSR count). The maximum Gasteiger partial charge on any atom is 0.305 e. The molecule has 2 N–H and O–H groups in total. The topological polar surface area (TPSA) is 105 Å². The summed E-state index contributed by atoms with van der Waals surface area (Å²) < 4.78 is 20.8. The molecule has 92 valence electrons.